The third kappa shape index (κ3) is 4.31. The minimum Gasteiger partial charge on any atom is -0.379 e. The summed E-state index contributed by atoms with van der Waals surface area (Å²) in [6, 6.07) is 8.29. The number of carbonyl (C=O) groups excluding carboxylic acids is 1. The Morgan fingerprint density at radius 1 is 1.00 bits per heavy atom. The molecule has 126 valence electrons. The van der Waals surface area contributed by atoms with Crippen LogP contribution in [0.1, 0.15) is 23.7 Å². The van der Waals surface area contributed by atoms with Crippen LogP contribution >= 0.6 is 0 Å². The highest BCUT2D eigenvalue weighted by atomic mass is 16.5. The Morgan fingerprint density at radius 2 is 1.57 bits per heavy atom. The van der Waals surface area contributed by atoms with E-state index in [1.165, 1.54) is 5.69 Å². The van der Waals surface area contributed by atoms with Crippen molar-refractivity contribution in [3.05, 3.63) is 29.8 Å². The highest BCUT2D eigenvalue weighted by molar-refractivity contribution is 5.96. The zero-order valence-corrected chi connectivity index (χ0v) is 13.9. The molecule has 2 aliphatic rings. The SMILES string of the molecule is CC(CC(=O)c1ccc(N2CCOCC2)cc1)N1CCOCC1. The minimum absolute atomic E-state index is 0.220. The number of ketones is 1. The number of Topliss-reactive ketones (excluding diaryl/α,β-unsaturated/α-hetero) is 1. The molecule has 0 spiro atoms. The molecule has 5 heteroatoms. The molecule has 1 unspecified atom stereocenters. The standard InChI is InChI=1S/C18H26N2O3/c1-15(19-6-10-22-11-7-19)14-18(21)16-2-4-17(5-3-16)20-8-12-23-13-9-20/h2-5,15H,6-14H2,1H3. The zero-order chi connectivity index (χ0) is 16.1. The van der Waals surface area contributed by atoms with E-state index in [1.54, 1.807) is 0 Å². The van der Waals surface area contributed by atoms with E-state index in [4.69, 9.17) is 9.47 Å². The van der Waals surface area contributed by atoms with Crippen molar-refractivity contribution in [3.8, 4) is 0 Å². The number of carbonyl (C=O) groups is 1. The molecule has 0 bridgehead atoms. The second kappa shape index (κ2) is 7.90. The van der Waals surface area contributed by atoms with Crippen LogP contribution in [-0.4, -0.2) is 69.3 Å². The molecule has 0 N–H and O–H groups in total. The summed E-state index contributed by atoms with van der Waals surface area (Å²) in [6.45, 7) is 8.90. The van der Waals surface area contributed by atoms with Crippen molar-refractivity contribution < 1.29 is 14.3 Å². The molecule has 0 aromatic heterocycles. The first kappa shape index (κ1) is 16.4. The highest BCUT2D eigenvalue weighted by Crippen LogP contribution is 2.18. The molecule has 1 aromatic rings. The Bertz CT molecular complexity index is 506. The smallest absolute Gasteiger partial charge is 0.164 e. The lowest BCUT2D eigenvalue weighted by Crippen LogP contribution is -2.43. The van der Waals surface area contributed by atoms with E-state index in [9.17, 15) is 4.79 Å². The van der Waals surface area contributed by atoms with E-state index in [2.05, 4.69) is 28.9 Å². The third-order valence-corrected chi connectivity index (χ3v) is 4.72. The Labute approximate surface area is 138 Å². The molecule has 0 amide bonds. The highest BCUT2D eigenvalue weighted by Gasteiger charge is 2.20. The van der Waals surface area contributed by atoms with Crippen molar-refractivity contribution in [2.75, 3.05) is 57.5 Å². The second-order valence-electron chi connectivity index (χ2n) is 6.27. The first-order valence-corrected chi connectivity index (χ1v) is 8.52. The number of nitrogens with zero attached hydrogens (tertiary/aromatic N) is 2. The van der Waals surface area contributed by atoms with Gasteiger partial charge in [0, 0.05) is 49.9 Å². The summed E-state index contributed by atoms with van der Waals surface area (Å²) >= 11 is 0. The molecule has 23 heavy (non-hydrogen) atoms. The fourth-order valence-electron chi connectivity index (χ4n) is 3.21. The molecule has 2 heterocycles. The number of benzene rings is 1. The first-order chi connectivity index (χ1) is 11.2. The number of ether oxygens (including phenoxy) is 2. The normalized spacial score (nSPS) is 21.2. The van der Waals surface area contributed by atoms with Crippen LogP contribution in [0, 0.1) is 0 Å². The maximum atomic E-state index is 12.5. The number of morpholine rings is 2. The molecular formula is C18H26N2O3. The van der Waals surface area contributed by atoms with E-state index in [0.29, 0.717) is 6.42 Å². The maximum absolute atomic E-state index is 12.5. The Balaban J connectivity index is 1.56. The van der Waals surface area contributed by atoms with Crippen molar-refractivity contribution in [2.45, 2.75) is 19.4 Å². The quantitative estimate of drug-likeness (QED) is 0.775. The van der Waals surface area contributed by atoms with Gasteiger partial charge in [0.05, 0.1) is 26.4 Å². The van der Waals surface area contributed by atoms with Gasteiger partial charge in [0.2, 0.25) is 0 Å². The molecule has 0 radical (unpaired) electrons. The van der Waals surface area contributed by atoms with E-state index in [-0.39, 0.29) is 11.8 Å². The molecule has 3 rings (SSSR count). The summed E-state index contributed by atoms with van der Waals surface area (Å²) < 4.78 is 10.7. The number of rotatable bonds is 5. The molecule has 1 aromatic carbocycles. The summed E-state index contributed by atoms with van der Waals surface area (Å²) in [6.07, 6.45) is 0.566. The van der Waals surface area contributed by atoms with Gasteiger partial charge in [-0.3, -0.25) is 9.69 Å². The molecule has 0 saturated carbocycles. The van der Waals surface area contributed by atoms with Gasteiger partial charge in [0.25, 0.3) is 0 Å². The average Bonchev–Trinajstić information content (AvgIpc) is 2.63. The molecule has 5 nitrogen and oxygen atoms in total. The van der Waals surface area contributed by atoms with Gasteiger partial charge in [-0.15, -0.1) is 0 Å². The second-order valence-corrected chi connectivity index (χ2v) is 6.27. The predicted octanol–water partition coefficient (Wildman–Crippen LogP) is 1.82. The lowest BCUT2D eigenvalue weighted by Gasteiger charge is -2.32. The largest absolute Gasteiger partial charge is 0.379 e. The average molecular weight is 318 g/mol. The molecule has 0 aliphatic carbocycles. The fourth-order valence-corrected chi connectivity index (χ4v) is 3.21. The van der Waals surface area contributed by atoms with Gasteiger partial charge < -0.3 is 14.4 Å². The fraction of sp³-hybridized carbons (Fsp3) is 0.611. The van der Waals surface area contributed by atoms with Crippen molar-refractivity contribution in [2.24, 2.45) is 0 Å². The van der Waals surface area contributed by atoms with Crippen molar-refractivity contribution in [1.82, 2.24) is 4.90 Å². The van der Waals surface area contributed by atoms with Gasteiger partial charge in [-0.05, 0) is 31.2 Å². The molecule has 1 atom stereocenters. The van der Waals surface area contributed by atoms with Crippen molar-refractivity contribution in [3.63, 3.8) is 0 Å². The zero-order valence-electron chi connectivity index (χ0n) is 13.9. The summed E-state index contributed by atoms with van der Waals surface area (Å²) in [7, 11) is 0. The van der Waals surface area contributed by atoms with Gasteiger partial charge in [-0.25, -0.2) is 0 Å². The van der Waals surface area contributed by atoms with Gasteiger partial charge in [-0.2, -0.15) is 0 Å². The maximum Gasteiger partial charge on any atom is 0.164 e. The molecule has 2 fully saturated rings. The first-order valence-electron chi connectivity index (χ1n) is 8.52. The predicted molar refractivity (Wildman–Crippen MR) is 90.3 cm³/mol. The van der Waals surface area contributed by atoms with E-state index in [0.717, 1.165) is 58.2 Å². The summed E-state index contributed by atoms with van der Waals surface area (Å²) in [5.74, 6) is 0.220. The van der Waals surface area contributed by atoms with E-state index >= 15 is 0 Å². The lowest BCUT2D eigenvalue weighted by molar-refractivity contribution is 0.0188. The number of hydrogen-bond donors (Lipinski definition) is 0. The summed E-state index contributed by atoms with van der Waals surface area (Å²) in [4.78, 5) is 17.1. The summed E-state index contributed by atoms with van der Waals surface area (Å²) in [5, 5.41) is 0. The van der Waals surface area contributed by atoms with Crippen LogP contribution in [0.5, 0.6) is 0 Å². The Morgan fingerprint density at radius 3 is 2.17 bits per heavy atom. The molecular weight excluding hydrogens is 292 g/mol. The minimum atomic E-state index is 0.220. The Kier molecular flexibility index (Phi) is 5.65. The van der Waals surface area contributed by atoms with Gasteiger partial charge in [0.1, 0.15) is 0 Å². The summed E-state index contributed by atoms with van der Waals surface area (Å²) in [5.41, 5.74) is 1.98. The van der Waals surface area contributed by atoms with Crippen molar-refractivity contribution >= 4 is 11.5 Å². The van der Waals surface area contributed by atoms with E-state index < -0.39 is 0 Å². The molecule has 2 saturated heterocycles. The van der Waals surface area contributed by atoms with Crippen LogP contribution in [0.15, 0.2) is 24.3 Å². The van der Waals surface area contributed by atoms with Crippen LogP contribution in [0.3, 0.4) is 0 Å². The van der Waals surface area contributed by atoms with Crippen LogP contribution in [0.25, 0.3) is 0 Å². The number of hydrogen-bond acceptors (Lipinski definition) is 5. The van der Waals surface area contributed by atoms with Crippen LogP contribution in [-0.2, 0) is 9.47 Å². The van der Waals surface area contributed by atoms with Crippen molar-refractivity contribution in [1.29, 1.82) is 0 Å². The molecule has 2 aliphatic heterocycles. The van der Waals surface area contributed by atoms with Gasteiger partial charge in [0.15, 0.2) is 5.78 Å². The van der Waals surface area contributed by atoms with E-state index in [1.807, 2.05) is 12.1 Å². The number of anilines is 1. The third-order valence-electron chi connectivity index (χ3n) is 4.72. The van der Waals surface area contributed by atoms with Gasteiger partial charge >= 0.3 is 0 Å². The Hall–Kier alpha value is -1.43. The van der Waals surface area contributed by atoms with Crippen LogP contribution in [0.2, 0.25) is 0 Å². The topological polar surface area (TPSA) is 42.0 Å². The monoisotopic (exact) mass is 318 g/mol. The van der Waals surface area contributed by atoms with Gasteiger partial charge in [-0.1, -0.05) is 0 Å². The lowest BCUT2D eigenvalue weighted by atomic mass is 10.0. The van der Waals surface area contributed by atoms with Crippen LogP contribution < -0.4 is 4.90 Å². The van der Waals surface area contributed by atoms with Crippen LogP contribution in [0.4, 0.5) is 5.69 Å².